The topological polar surface area (TPSA) is 12.9 Å². The largest absolute Gasteiger partial charge is 0.252 e. The molecule has 2 aromatic carbocycles. The molecule has 34 heavy (non-hydrogen) atoms. The average Bonchev–Trinajstić information content (AvgIpc) is 3.35. The molecule has 2 fully saturated rings. The van der Waals surface area contributed by atoms with Gasteiger partial charge in [-0.05, 0) is 71.9 Å². The maximum atomic E-state index is 5.27. The van der Waals surface area contributed by atoms with Crippen LogP contribution in [0.5, 0.6) is 0 Å². The third-order valence-corrected chi connectivity index (χ3v) is 8.61. The van der Waals surface area contributed by atoms with Gasteiger partial charge in [0.1, 0.15) is 0 Å². The summed E-state index contributed by atoms with van der Waals surface area (Å²) in [5.74, 6) is 2.10. The van der Waals surface area contributed by atoms with Gasteiger partial charge in [0.2, 0.25) is 0 Å². The molecule has 0 N–H and O–H groups in total. The monoisotopic (exact) mass is 447 g/mol. The quantitative estimate of drug-likeness (QED) is 0.380. The number of nitrogens with zero attached hydrogens (tertiary/aromatic N) is 1. The van der Waals surface area contributed by atoms with Crippen LogP contribution in [0.1, 0.15) is 104 Å². The molecule has 1 unspecified atom stereocenters. The normalized spacial score (nSPS) is 21.0. The summed E-state index contributed by atoms with van der Waals surface area (Å²) in [5.41, 5.74) is 9.55. The van der Waals surface area contributed by atoms with Crippen LogP contribution in [0.25, 0.3) is 17.3 Å². The van der Waals surface area contributed by atoms with E-state index in [2.05, 4.69) is 72.8 Å². The van der Waals surface area contributed by atoms with Gasteiger partial charge in [-0.2, -0.15) is 0 Å². The molecule has 0 spiro atoms. The predicted molar refractivity (Wildman–Crippen MR) is 143 cm³/mol. The molecule has 0 bridgehead atoms. The van der Waals surface area contributed by atoms with E-state index < -0.39 is 0 Å². The lowest BCUT2D eigenvalue weighted by atomic mass is 9.77. The van der Waals surface area contributed by atoms with E-state index in [1.54, 1.807) is 5.56 Å². The molecule has 1 aromatic heterocycles. The van der Waals surface area contributed by atoms with Crippen LogP contribution < -0.4 is 0 Å². The second-order valence-corrected chi connectivity index (χ2v) is 10.9. The van der Waals surface area contributed by atoms with E-state index in [0.717, 1.165) is 12.3 Å². The molecule has 0 radical (unpaired) electrons. The number of hydrogen-bond acceptors (Lipinski definition) is 1. The minimum absolute atomic E-state index is 0.598. The summed E-state index contributed by atoms with van der Waals surface area (Å²) in [5, 5.41) is 0. The van der Waals surface area contributed by atoms with Gasteiger partial charge in [-0.1, -0.05) is 99.2 Å². The summed E-state index contributed by atoms with van der Waals surface area (Å²) in [6.45, 7) is 0. The molecule has 1 atom stereocenters. The van der Waals surface area contributed by atoms with E-state index in [4.69, 9.17) is 4.98 Å². The second kappa shape index (κ2) is 9.90. The molecule has 2 saturated carbocycles. The van der Waals surface area contributed by atoms with Gasteiger partial charge in [-0.25, -0.2) is 0 Å². The summed E-state index contributed by atoms with van der Waals surface area (Å²) in [4.78, 5) is 5.27. The minimum Gasteiger partial charge on any atom is -0.252 e. The lowest BCUT2D eigenvalue weighted by Crippen LogP contribution is -2.13. The molecule has 3 aliphatic rings. The van der Waals surface area contributed by atoms with Gasteiger partial charge < -0.3 is 0 Å². The molecule has 6 rings (SSSR count). The van der Waals surface area contributed by atoms with E-state index >= 15 is 0 Å². The Morgan fingerprint density at radius 1 is 0.735 bits per heavy atom. The van der Waals surface area contributed by atoms with Gasteiger partial charge in [0.05, 0.1) is 5.69 Å². The third kappa shape index (κ3) is 4.50. The van der Waals surface area contributed by atoms with E-state index in [9.17, 15) is 0 Å². The summed E-state index contributed by atoms with van der Waals surface area (Å²) in [7, 11) is 0. The van der Waals surface area contributed by atoms with Crippen molar-refractivity contribution in [1.82, 2.24) is 4.98 Å². The van der Waals surface area contributed by atoms with Crippen molar-refractivity contribution in [2.45, 2.75) is 82.5 Å². The van der Waals surface area contributed by atoms with Crippen LogP contribution in [0.15, 0.2) is 66.7 Å². The van der Waals surface area contributed by atoms with Gasteiger partial charge in [-0.15, -0.1) is 0 Å². The zero-order valence-corrected chi connectivity index (χ0v) is 20.4. The summed E-state index contributed by atoms with van der Waals surface area (Å²) < 4.78 is 0. The van der Waals surface area contributed by atoms with Crippen molar-refractivity contribution in [1.29, 1.82) is 0 Å². The molecule has 1 heteroatoms. The molecular weight excluding hydrogens is 410 g/mol. The van der Waals surface area contributed by atoms with Crippen LogP contribution in [0.4, 0.5) is 0 Å². The van der Waals surface area contributed by atoms with Crippen molar-refractivity contribution in [3.8, 4) is 11.3 Å². The van der Waals surface area contributed by atoms with E-state index in [0.29, 0.717) is 11.8 Å². The maximum Gasteiger partial charge on any atom is 0.0714 e. The van der Waals surface area contributed by atoms with Gasteiger partial charge in [-0.3, -0.25) is 4.98 Å². The Balaban J connectivity index is 1.39. The highest BCUT2D eigenvalue weighted by Gasteiger charge is 2.29. The molecule has 1 nitrogen and oxygen atoms in total. The lowest BCUT2D eigenvalue weighted by molar-refractivity contribution is 0.334. The highest BCUT2D eigenvalue weighted by atomic mass is 14.7. The lowest BCUT2D eigenvalue weighted by Gasteiger charge is -2.27. The van der Waals surface area contributed by atoms with Crippen LogP contribution in [0.3, 0.4) is 0 Å². The fourth-order valence-electron chi connectivity index (χ4n) is 6.81. The number of benzene rings is 2. The number of allylic oxidation sites excluding steroid dienone is 1. The van der Waals surface area contributed by atoms with Crippen LogP contribution in [0.2, 0.25) is 0 Å². The number of aromatic nitrogens is 1. The first-order chi connectivity index (χ1) is 16.8. The second-order valence-electron chi connectivity index (χ2n) is 10.9. The first-order valence-electron chi connectivity index (χ1n) is 13.7. The van der Waals surface area contributed by atoms with Gasteiger partial charge in [0, 0.05) is 23.6 Å². The van der Waals surface area contributed by atoms with E-state index in [-0.39, 0.29) is 0 Å². The summed E-state index contributed by atoms with van der Waals surface area (Å²) in [6.07, 6.45) is 19.6. The van der Waals surface area contributed by atoms with Crippen molar-refractivity contribution in [3.05, 3.63) is 94.7 Å². The number of pyridine rings is 1. The van der Waals surface area contributed by atoms with Crippen molar-refractivity contribution >= 4 is 6.08 Å². The smallest absolute Gasteiger partial charge is 0.0714 e. The van der Waals surface area contributed by atoms with E-state index in [1.807, 2.05) is 0 Å². The molecular formula is C33H37N. The number of hydrogen-bond donors (Lipinski definition) is 0. The molecule has 3 aromatic rings. The zero-order chi connectivity index (χ0) is 22.7. The fraction of sp³-hybridized carbons (Fsp3) is 0.424. The van der Waals surface area contributed by atoms with Crippen LogP contribution in [-0.4, -0.2) is 4.98 Å². The Labute approximate surface area is 205 Å². The first-order valence-corrected chi connectivity index (χ1v) is 13.7. The highest BCUT2D eigenvalue weighted by molar-refractivity contribution is 5.79. The SMILES string of the molecule is C1=CC(C2CCCCC2)c2cccc(-c3cc(C4CCCCC4)cc(Cc4ccccc4)n3)c21. The van der Waals surface area contributed by atoms with Crippen LogP contribution >= 0.6 is 0 Å². The average molecular weight is 448 g/mol. The number of rotatable bonds is 5. The molecule has 0 amide bonds. The van der Waals surface area contributed by atoms with Crippen LogP contribution in [0, 0.1) is 5.92 Å². The highest BCUT2D eigenvalue weighted by Crippen LogP contribution is 2.45. The fourth-order valence-corrected chi connectivity index (χ4v) is 6.81. The standard InChI is InChI=1S/C33H37N/c1-4-11-24(12-5-1)21-28-22-27(25-13-6-2-7-14-25)23-33(34-28)32-18-10-17-30-29(19-20-31(30)32)26-15-8-3-9-16-26/h1,4-5,10-12,17-20,22-23,25-26,29H,2-3,6-9,13-16,21H2. The third-order valence-electron chi connectivity index (χ3n) is 8.61. The molecule has 1 heterocycles. The molecule has 0 aliphatic heterocycles. The molecule has 0 saturated heterocycles. The molecule has 174 valence electrons. The molecule has 3 aliphatic carbocycles. The van der Waals surface area contributed by atoms with Gasteiger partial charge in [0.25, 0.3) is 0 Å². The van der Waals surface area contributed by atoms with Crippen molar-refractivity contribution in [2.75, 3.05) is 0 Å². The number of fused-ring (bicyclic) bond motifs is 1. The maximum absolute atomic E-state index is 5.27. The Bertz CT molecular complexity index is 1150. The Hall–Kier alpha value is -2.67. The Morgan fingerprint density at radius 2 is 1.50 bits per heavy atom. The summed E-state index contributed by atoms with van der Waals surface area (Å²) in [6, 6.07) is 22.7. The van der Waals surface area contributed by atoms with Crippen molar-refractivity contribution < 1.29 is 0 Å². The van der Waals surface area contributed by atoms with Crippen LogP contribution in [-0.2, 0) is 6.42 Å². The summed E-state index contributed by atoms with van der Waals surface area (Å²) >= 11 is 0. The first kappa shape index (κ1) is 21.8. The Kier molecular flexibility index (Phi) is 6.36. The van der Waals surface area contributed by atoms with Gasteiger partial charge >= 0.3 is 0 Å². The Morgan fingerprint density at radius 3 is 2.29 bits per heavy atom. The van der Waals surface area contributed by atoms with E-state index in [1.165, 1.54) is 97.8 Å². The predicted octanol–water partition coefficient (Wildman–Crippen LogP) is 9.08. The van der Waals surface area contributed by atoms with Crippen molar-refractivity contribution in [3.63, 3.8) is 0 Å². The zero-order valence-electron chi connectivity index (χ0n) is 20.4. The van der Waals surface area contributed by atoms with Crippen molar-refractivity contribution in [2.24, 2.45) is 5.92 Å². The minimum atomic E-state index is 0.598. The van der Waals surface area contributed by atoms with Gasteiger partial charge in [0.15, 0.2) is 0 Å².